The van der Waals surface area contributed by atoms with Gasteiger partial charge in [0.25, 0.3) is 0 Å². The molecule has 0 unspecified atom stereocenters. The zero-order valence-electron chi connectivity index (χ0n) is 12.0. The van der Waals surface area contributed by atoms with Crippen molar-refractivity contribution in [2.75, 3.05) is 18.6 Å². The fourth-order valence-corrected chi connectivity index (χ4v) is 2.35. The number of aliphatic hydroxyl groups is 1. The molecule has 1 N–H and O–H groups in total. The monoisotopic (exact) mass is 287 g/mol. The van der Waals surface area contributed by atoms with E-state index >= 15 is 0 Å². The van der Waals surface area contributed by atoms with Gasteiger partial charge in [-0.2, -0.15) is 10.2 Å². The van der Waals surface area contributed by atoms with Crippen LogP contribution in [0.25, 0.3) is 11.0 Å². The minimum absolute atomic E-state index is 0.0294. The Bertz CT molecular complexity index is 748. The second-order valence-electron chi connectivity index (χ2n) is 4.90. The van der Waals surface area contributed by atoms with E-state index in [0.717, 1.165) is 22.4 Å². The summed E-state index contributed by atoms with van der Waals surface area (Å²) in [5.74, 6) is 0.813. The van der Waals surface area contributed by atoms with Crippen LogP contribution >= 0.6 is 0 Å². The smallest absolute Gasteiger partial charge is 0.163 e. The molecule has 0 saturated carbocycles. The van der Waals surface area contributed by atoms with Crippen LogP contribution in [0.15, 0.2) is 24.9 Å². The van der Waals surface area contributed by atoms with Crippen LogP contribution in [-0.4, -0.2) is 48.3 Å². The SMILES string of the molecule is CN(Cc1cnn(C)c1)c1ncnc2c1cnn2CCO. The molecule has 3 aromatic heterocycles. The van der Waals surface area contributed by atoms with E-state index in [1.165, 1.54) is 6.33 Å². The molecule has 110 valence electrons. The van der Waals surface area contributed by atoms with Gasteiger partial charge in [0.05, 0.1) is 30.9 Å². The highest BCUT2D eigenvalue weighted by Gasteiger charge is 2.13. The Balaban J connectivity index is 1.92. The van der Waals surface area contributed by atoms with Crippen LogP contribution in [0, 0.1) is 0 Å². The maximum Gasteiger partial charge on any atom is 0.163 e. The molecule has 8 nitrogen and oxygen atoms in total. The Morgan fingerprint density at radius 3 is 2.81 bits per heavy atom. The second kappa shape index (κ2) is 5.49. The first-order valence-electron chi connectivity index (χ1n) is 6.65. The lowest BCUT2D eigenvalue weighted by atomic mass is 10.3. The Morgan fingerprint density at radius 1 is 1.24 bits per heavy atom. The number of aliphatic hydroxyl groups excluding tert-OH is 1. The Labute approximate surface area is 121 Å². The van der Waals surface area contributed by atoms with Crippen molar-refractivity contribution in [3.8, 4) is 0 Å². The number of hydrogen-bond donors (Lipinski definition) is 1. The van der Waals surface area contributed by atoms with E-state index in [-0.39, 0.29) is 6.61 Å². The number of rotatable bonds is 5. The van der Waals surface area contributed by atoms with Gasteiger partial charge in [-0.05, 0) is 0 Å². The van der Waals surface area contributed by atoms with Crippen molar-refractivity contribution in [3.05, 3.63) is 30.5 Å². The van der Waals surface area contributed by atoms with Gasteiger partial charge in [-0.3, -0.25) is 4.68 Å². The molecule has 3 rings (SSSR count). The number of nitrogens with zero attached hydrogens (tertiary/aromatic N) is 7. The van der Waals surface area contributed by atoms with Crippen LogP contribution in [0.4, 0.5) is 5.82 Å². The average molecular weight is 287 g/mol. The van der Waals surface area contributed by atoms with Gasteiger partial charge < -0.3 is 10.0 Å². The zero-order chi connectivity index (χ0) is 14.8. The molecule has 0 radical (unpaired) electrons. The van der Waals surface area contributed by atoms with Crippen LogP contribution in [0.1, 0.15) is 5.56 Å². The van der Waals surface area contributed by atoms with E-state index < -0.39 is 0 Å². The minimum Gasteiger partial charge on any atom is -0.394 e. The van der Waals surface area contributed by atoms with Gasteiger partial charge in [-0.15, -0.1) is 0 Å². The molecule has 0 saturated heterocycles. The normalized spacial score (nSPS) is 11.2. The fraction of sp³-hybridized carbons (Fsp3) is 0.385. The quantitative estimate of drug-likeness (QED) is 0.721. The van der Waals surface area contributed by atoms with Crippen LogP contribution in [0.2, 0.25) is 0 Å². The Kier molecular flexibility index (Phi) is 3.53. The number of hydrogen-bond acceptors (Lipinski definition) is 6. The van der Waals surface area contributed by atoms with Crippen molar-refractivity contribution in [2.45, 2.75) is 13.1 Å². The van der Waals surface area contributed by atoms with Crippen LogP contribution in [0.3, 0.4) is 0 Å². The number of aromatic nitrogens is 6. The molecule has 0 aliphatic heterocycles. The summed E-state index contributed by atoms with van der Waals surface area (Å²) in [4.78, 5) is 10.6. The van der Waals surface area contributed by atoms with Crippen molar-refractivity contribution < 1.29 is 5.11 Å². The Morgan fingerprint density at radius 2 is 2.10 bits per heavy atom. The van der Waals surface area contributed by atoms with Gasteiger partial charge in [0.2, 0.25) is 0 Å². The summed E-state index contributed by atoms with van der Waals surface area (Å²) < 4.78 is 3.45. The first-order chi connectivity index (χ1) is 10.2. The third-order valence-corrected chi connectivity index (χ3v) is 3.26. The molecule has 3 heterocycles. The van der Waals surface area contributed by atoms with Gasteiger partial charge in [0.1, 0.15) is 12.1 Å². The van der Waals surface area contributed by atoms with Crippen LogP contribution < -0.4 is 4.90 Å². The Hall–Kier alpha value is -2.48. The van der Waals surface area contributed by atoms with Crippen molar-refractivity contribution in [2.24, 2.45) is 7.05 Å². The second-order valence-corrected chi connectivity index (χ2v) is 4.90. The van der Waals surface area contributed by atoms with E-state index in [4.69, 9.17) is 5.11 Å². The predicted molar refractivity (Wildman–Crippen MR) is 77.7 cm³/mol. The molecular weight excluding hydrogens is 270 g/mol. The van der Waals surface area contributed by atoms with E-state index in [1.54, 1.807) is 15.6 Å². The fourth-order valence-electron chi connectivity index (χ4n) is 2.35. The number of fused-ring (bicyclic) bond motifs is 1. The largest absolute Gasteiger partial charge is 0.394 e. The lowest BCUT2D eigenvalue weighted by molar-refractivity contribution is 0.271. The topological polar surface area (TPSA) is 84.9 Å². The lowest BCUT2D eigenvalue weighted by Crippen LogP contribution is -2.18. The number of anilines is 1. The van der Waals surface area contributed by atoms with Gasteiger partial charge in [-0.25, -0.2) is 14.6 Å². The average Bonchev–Trinajstić information content (AvgIpc) is 3.06. The molecule has 0 spiro atoms. The van der Waals surface area contributed by atoms with E-state index in [0.29, 0.717) is 13.1 Å². The third-order valence-electron chi connectivity index (χ3n) is 3.26. The summed E-state index contributed by atoms with van der Waals surface area (Å²) in [5, 5.41) is 18.3. The third kappa shape index (κ3) is 2.57. The van der Waals surface area contributed by atoms with E-state index in [9.17, 15) is 0 Å². The summed E-state index contributed by atoms with van der Waals surface area (Å²) >= 11 is 0. The number of aryl methyl sites for hydroxylation is 1. The molecule has 0 amide bonds. The highest BCUT2D eigenvalue weighted by atomic mass is 16.3. The molecule has 8 heteroatoms. The van der Waals surface area contributed by atoms with Gasteiger partial charge in [0.15, 0.2) is 5.65 Å². The minimum atomic E-state index is 0.0294. The van der Waals surface area contributed by atoms with E-state index in [2.05, 4.69) is 20.2 Å². The van der Waals surface area contributed by atoms with Gasteiger partial charge in [0, 0.05) is 32.4 Å². The summed E-state index contributed by atoms with van der Waals surface area (Å²) in [6, 6.07) is 0. The molecule has 21 heavy (non-hydrogen) atoms. The van der Waals surface area contributed by atoms with Gasteiger partial charge >= 0.3 is 0 Å². The highest BCUT2D eigenvalue weighted by molar-refractivity contribution is 5.86. The molecule has 0 fully saturated rings. The highest BCUT2D eigenvalue weighted by Crippen LogP contribution is 2.22. The van der Waals surface area contributed by atoms with Crippen molar-refractivity contribution in [1.29, 1.82) is 0 Å². The maximum atomic E-state index is 9.05. The lowest BCUT2D eigenvalue weighted by Gasteiger charge is -2.17. The van der Waals surface area contributed by atoms with E-state index in [1.807, 2.05) is 31.4 Å². The molecule has 0 atom stereocenters. The summed E-state index contributed by atoms with van der Waals surface area (Å²) in [6.07, 6.45) is 7.07. The molecule has 0 aliphatic carbocycles. The predicted octanol–water partition coefficient (Wildman–Crippen LogP) is 0.188. The van der Waals surface area contributed by atoms with Crippen molar-refractivity contribution >= 4 is 16.9 Å². The molecule has 0 aromatic carbocycles. The maximum absolute atomic E-state index is 9.05. The molecule has 3 aromatic rings. The first kappa shape index (κ1) is 13.5. The molecular formula is C13H17N7O. The van der Waals surface area contributed by atoms with Crippen LogP contribution in [0.5, 0.6) is 0 Å². The summed E-state index contributed by atoms with van der Waals surface area (Å²) in [6.45, 7) is 1.15. The first-order valence-corrected chi connectivity index (χ1v) is 6.65. The van der Waals surface area contributed by atoms with Gasteiger partial charge in [-0.1, -0.05) is 0 Å². The molecule has 0 aliphatic rings. The summed E-state index contributed by atoms with van der Waals surface area (Å²) in [7, 11) is 3.86. The van der Waals surface area contributed by atoms with Crippen LogP contribution in [-0.2, 0) is 20.1 Å². The molecule has 0 bridgehead atoms. The standard InChI is InChI=1S/C13H17N7O/c1-18(7-10-5-16-19(2)8-10)12-11-6-17-20(3-4-21)13(11)15-9-14-12/h5-6,8-9,21H,3-4,7H2,1-2H3. The van der Waals surface area contributed by atoms with Crippen molar-refractivity contribution in [3.63, 3.8) is 0 Å². The zero-order valence-corrected chi connectivity index (χ0v) is 12.0. The van der Waals surface area contributed by atoms with Crippen molar-refractivity contribution in [1.82, 2.24) is 29.5 Å². The summed E-state index contributed by atoms with van der Waals surface area (Å²) in [5.41, 5.74) is 1.83.